The van der Waals surface area contributed by atoms with Gasteiger partial charge in [0, 0.05) is 17.9 Å². The summed E-state index contributed by atoms with van der Waals surface area (Å²) in [6.45, 7) is 0.998. The summed E-state index contributed by atoms with van der Waals surface area (Å²) in [5.41, 5.74) is 3.06. The Kier molecular flexibility index (Phi) is 4.72. The second-order valence-corrected chi connectivity index (χ2v) is 5.89. The SMILES string of the molecule is COc1ccc(NCC(=O)N2CCCc3ccccc32)cc1Cl. The van der Waals surface area contributed by atoms with E-state index < -0.39 is 0 Å². The van der Waals surface area contributed by atoms with Gasteiger partial charge in [0.05, 0.1) is 18.7 Å². The minimum absolute atomic E-state index is 0.0593. The van der Waals surface area contributed by atoms with Crippen LogP contribution < -0.4 is 15.0 Å². The Labute approximate surface area is 141 Å². The van der Waals surface area contributed by atoms with E-state index in [1.807, 2.05) is 29.2 Å². The van der Waals surface area contributed by atoms with Gasteiger partial charge in [-0.05, 0) is 42.7 Å². The van der Waals surface area contributed by atoms with Crippen molar-refractivity contribution in [1.29, 1.82) is 0 Å². The van der Waals surface area contributed by atoms with Crippen LogP contribution in [0.25, 0.3) is 0 Å². The number of carbonyl (C=O) groups is 1. The molecule has 1 aliphatic rings. The summed E-state index contributed by atoms with van der Waals surface area (Å²) < 4.78 is 5.12. The van der Waals surface area contributed by atoms with Gasteiger partial charge < -0.3 is 15.0 Å². The molecule has 1 N–H and O–H groups in total. The van der Waals surface area contributed by atoms with Gasteiger partial charge >= 0.3 is 0 Å². The molecule has 0 saturated heterocycles. The number of anilines is 2. The summed E-state index contributed by atoms with van der Waals surface area (Å²) in [6, 6.07) is 13.5. The first kappa shape index (κ1) is 15.7. The zero-order valence-corrected chi connectivity index (χ0v) is 13.8. The molecule has 0 radical (unpaired) electrons. The van der Waals surface area contributed by atoms with Crippen molar-refractivity contribution in [3.8, 4) is 5.75 Å². The van der Waals surface area contributed by atoms with E-state index in [9.17, 15) is 4.79 Å². The maximum Gasteiger partial charge on any atom is 0.246 e. The number of para-hydroxylation sites is 1. The van der Waals surface area contributed by atoms with E-state index in [1.54, 1.807) is 19.2 Å². The number of hydrogen-bond donors (Lipinski definition) is 1. The van der Waals surface area contributed by atoms with E-state index in [-0.39, 0.29) is 12.5 Å². The molecule has 0 spiro atoms. The van der Waals surface area contributed by atoms with Crippen LogP contribution in [0.5, 0.6) is 5.75 Å². The Morgan fingerprint density at radius 1 is 1.30 bits per heavy atom. The highest BCUT2D eigenvalue weighted by Crippen LogP contribution is 2.28. The number of benzene rings is 2. The number of nitrogens with zero attached hydrogens (tertiary/aromatic N) is 1. The number of amides is 1. The summed E-state index contributed by atoms with van der Waals surface area (Å²) in [4.78, 5) is 14.4. The average molecular weight is 331 g/mol. The van der Waals surface area contributed by atoms with Crippen LogP contribution in [-0.4, -0.2) is 26.1 Å². The molecule has 4 nitrogen and oxygen atoms in total. The van der Waals surface area contributed by atoms with Crippen LogP contribution in [0.1, 0.15) is 12.0 Å². The largest absolute Gasteiger partial charge is 0.495 e. The maximum absolute atomic E-state index is 12.5. The topological polar surface area (TPSA) is 41.6 Å². The second-order valence-electron chi connectivity index (χ2n) is 5.48. The van der Waals surface area contributed by atoms with Crippen molar-refractivity contribution in [2.45, 2.75) is 12.8 Å². The molecule has 1 heterocycles. The van der Waals surface area contributed by atoms with Gasteiger partial charge in [-0.15, -0.1) is 0 Å². The van der Waals surface area contributed by atoms with E-state index >= 15 is 0 Å². The molecule has 1 amide bonds. The summed E-state index contributed by atoms with van der Waals surface area (Å²) in [5, 5.41) is 3.66. The van der Waals surface area contributed by atoms with Crippen molar-refractivity contribution in [1.82, 2.24) is 0 Å². The van der Waals surface area contributed by atoms with Gasteiger partial charge in [0.15, 0.2) is 0 Å². The zero-order valence-electron chi connectivity index (χ0n) is 13.0. The maximum atomic E-state index is 12.5. The minimum atomic E-state index is 0.0593. The molecule has 0 saturated carbocycles. The van der Waals surface area contributed by atoms with Crippen LogP contribution in [0.4, 0.5) is 11.4 Å². The zero-order chi connectivity index (χ0) is 16.2. The van der Waals surface area contributed by atoms with Crippen LogP contribution >= 0.6 is 11.6 Å². The van der Waals surface area contributed by atoms with Gasteiger partial charge in [0.1, 0.15) is 5.75 Å². The fourth-order valence-corrected chi connectivity index (χ4v) is 3.10. The number of nitrogens with one attached hydrogen (secondary N) is 1. The molecule has 0 fully saturated rings. The highest BCUT2D eigenvalue weighted by Gasteiger charge is 2.21. The number of aryl methyl sites for hydroxylation is 1. The van der Waals surface area contributed by atoms with Crippen LogP contribution in [0.2, 0.25) is 5.02 Å². The van der Waals surface area contributed by atoms with Gasteiger partial charge in [0.2, 0.25) is 5.91 Å². The number of ether oxygens (including phenoxy) is 1. The molecule has 0 bridgehead atoms. The van der Waals surface area contributed by atoms with Crippen LogP contribution in [0, 0.1) is 0 Å². The number of methoxy groups -OCH3 is 1. The van der Waals surface area contributed by atoms with Gasteiger partial charge in [-0.3, -0.25) is 4.79 Å². The summed E-state index contributed by atoms with van der Waals surface area (Å²) in [6.07, 6.45) is 2.03. The second kappa shape index (κ2) is 6.92. The van der Waals surface area contributed by atoms with Crippen LogP contribution in [0.15, 0.2) is 42.5 Å². The van der Waals surface area contributed by atoms with Crippen molar-refractivity contribution in [3.63, 3.8) is 0 Å². The van der Waals surface area contributed by atoms with Crippen molar-refractivity contribution in [2.24, 2.45) is 0 Å². The molecular weight excluding hydrogens is 312 g/mol. The lowest BCUT2D eigenvalue weighted by atomic mass is 10.0. The molecule has 0 aromatic heterocycles. The third-order valence-corrected chi connectivity index (χ3v) is 4.30. The van der Waals surface area contributed by atoms with E-state index in [1.165, 1.54) is 5.56 Å². The van der Waals surface area contributed by atoms with Crippen molar-refractivity contribution in [2.75, 3.05) is 30.4 Å². The standard InChI is InChI=1S/C18H19ClN2O2/c1-23-17-9-8-14(11-15(17)19)20-12-18(22)21-10-4-6-13-5-2-3-7-16(13)21/h2-3,5,7-9,11,20H,4,6,10,12H2,1H3. The molecule has 3 rings (SSSR count). The highest BCUT2D eigenvalue weighted by atomic mass is 35.5. The molecule has 0 unspecified atom stereocenters. The van der Waals surface area contributed by atoms with E-state index in [0.29, 0.717) is 10.8 Å². The number of hydrogen-bond acceptors (Lipinski definition) is 3. The van der Waals surface area contributed by atoms with E-state index in [0.717, 1.165) is 30.8 Å². The molecule has 2 aromatic carbocycles. The van der Waals surface area contributed by atoms with Crippen LogP contribution in [-0.2, 0) is 11.2 Å². The lowest BCUT2D eigenvalue weighted by Gasteiger charge is -2.29. The van der Waals surface area contributed by atoms with E-state index in [4.69, 9.17) is 16.3 Å². The monoisotopic (exact) mass is 330 g/mol. The average Bonchev–Trinajstić information content (AvgIpc) is 2.59. The molecule has 0 aliphatic carbocycles. The predicted molar refractivity (Wildman–Crippen MR) is 93.6 cm³/mol. The van der Waals surface area contributed by atoms with Crippen molar-refractivity contribution < 1.29 is 9.53 Å². The van der Waals surface area contributed by atoms with Gasteiger partial charge in [-0.25, -0.2) is 0 Å². The lowest BCUT2D eigenvalue weighted by Crippen LogP contribution is -2.39. The smallest absolute Gasteiger partial charge is 0.246 e. The number of fused-ring (bicyclic) bond motifs is 1. The van der Waals surface area contributed by atoms with E-state index in [2.05, 4.69) is 11.4 Å². The molecule has 1 aliphatic heterocycles. The summed E-state index contributed by atoms with van der Waals surface area (Å²) in [5.74, 6) is 0.678. The fourth-order valence-electron chi connectivity index (χ4n) is 2.84. The predicted octanol–water partition coefficient (Wildman–Crippen LogP) is 3.74. The molecule has 5 heteroatoms. The number of halogens is 1. The third kappa shape index (κ3) is 3.42. The van der Waals surface area contributed by atoms with Gasteiger partial charge in [-0.2, -0.15) is 0 Å². The Bertz CT molecular complexity index is 718. The summed E-state index contributed by atoms with van der Waals surface area (Å²) >= 11 is 6.10. The molecule has 120 valence electrons. The normalized spacial score (nSPS) is 13.4. The first-order chi connectivity index (χ1) is 11.2. The Morgan fingerprint density at radius 3 is 2.91 bits per heavy atom. The summed E-state index contributed by atoms with van der Waals surface area (Å²) in [7, 11) is 1.58. The number of carbonyl (C=O) groups excluding carboxylic acids is 1. The molecule has 0 atom stereocenters. The van der Waals surface area contributed by atoms with Gasteiger partial charge in [0.25, 0.3) is 0 Å². The van der Waals surface area contributed by atoms with Crippen LogP contribution in [0.3, 0.4) is 0 Å². The Balaban J connectivity index is 1.67. The Hall–Kier alpha value is -2.20. The van der Waals surface area contributed by atoms with Crippen molar-refractivity contribution in [3.05, 3.63) is 53.1 Å². The van der Waals surface area contributed by atoms with Gasteiger partial charge in [-0.1, -0.05) is 29.8 Å². The first-order valence-corrected chi connectivity index (χ1v) is 8.02. The number of rotatable bonds is 4. The highest BCUT2D eigenvalue weighted by molar-refractivity contribution is 6.32. The quantitative estimate of drug-likeness (QED) is 0.928. The molecule has 2 aromatic rings. The fraction of sp³-hybridized carbons (Fsp3) is 0.278. The molecule has 23 heavy (non-hydrogen) atoms. The minimum Gasteiger partial charge on any atom is -0.495 e. The Morgan fingerprint density at radius 2 is 2.13 bits per heavy atom. The lowest BCUT2D eigenvalue weighted by molar-refractivity contribution is -0.117. The first-order valence-electron chi connectivity index (χ1n) is 7.64. The molecular formula is C18H19ClN2O2. The van der Waals surface area contributed by atoms with Crippen molar-refractivity contribution >= 4 is 28.9 Å². The third-order valence-electron chi connectivity index (χ3n) is 4.01.